The Bertz CT molecular complexity index is 1080. The van der Waals surface area contributed by atoms with E-state index in [9.17, 15) is 18.3 Å². The van der Waals surface area contributed by atoms with Crippen molar-refractivity contribution in [2.24, 2.45) is 5.10 Å². The summed E-state index contributed by atoms with van der Waals surface area (Å²) in [6, 6.07) is 10.1. The maximum absolute atomic E-state index is 13.7. The van der Waals surface area contributed by atoms with Crippen LogP contribution in [-0.4, -0.2) is 42.5 Å². The predicted molar refractivity (Wildman–Crippen MR) is 125 cm³/mol. The van der Waals surface area contributed by atoms with E-state index in [2.05, 4.69) is 10.5 Å². The van der Waals surface area contributed by atoms with Crippen LogP contribution in [0.15, 0.2) is 46.4 Å². The highest BCUT2D eigenvalue weighted by Gasteiger charge is 2.35. The predicted octanol–water partition coefficient (Wildman–Crippen LogP) is 3.79. The maximum atomic E-state index is 13.7. The van der Waals surface area contributed by atoms with E-state index >= 15 is 0 Å². The van der Waals surface area contributed by atoms with Crippen molar-refractivity contribution in [3.8, 4) is 5.75 Å². The molecule has 0 heterocycles. The summed E-state index contributed by atoms with van der Waals surface area (Å²) in [5.41, 5.74) is 5.22. The Morgan fingerprint density at radius 1 is 1.12 bits per heavy atom. The highest BCUT2D eigenvalue weighted by Crippen LogP contribution is 2.31. The lowest BCUT2D eigenvalue weighted by Crippen LogP contribution is -2.46. The first-order valence-corrected chi connectivity index (χ1v) is 12.3. The van der Waals surface area contributed by atoms with Crippen LogP contribution in [0.1, 0.15) is 54.4 Å². The number of carbonyl (C=O) groups is 1. The molecule has 0 saturated heterocycles. The molecule has 2 aromatic rings. The third kappa shape index (κ3) is 5.55. The van der Waals surface area contributed by atoms with Crippen molar-refractivity contribution in [3.05, 3.63) is 58.7 Å². The van der Waals surface area contributed by atoms with Crippen molar-refractivity contribution in [2.45, 2.75) is 63.8 Å². The lowest BCUT2D eigenvalue weighted by Gasteiger charge is -2.33. The van der Waals surface area contributed by atoms with Gasteiger partial charge in [-0.25, -0.2) is 13.8 Å². The molecule has 2 N–H and O–H groups in total. The number of aromatic hydroxyl groups is 1. The zero-order chi connectivity index (χ0) is 23.3. The fourth-order valence-corrected chi connectivity index (χ4v) is 6.47. The van der Waals surface area contributed by atoms with E-state index in [1.54, 1.807) is 32.0 Å². The number of hydrazone groups is 1. The number of nitrogens with zero attached hydrogens (tertiary/aromatic N) is 2. The number of aryl methyl sites for hydroxylation is 3. The van der Waals surface area contributed by atoms with Crippen LogP contribution in [0.4, 0.5) is 0 Å². The zero-order valence-electron chi connectivity index (χ0n) is 18.8. The Labute approximate surface area is 190 Å². The minimum Gasteiger partial charge on any atom is -0.507 e. The summed E-state index contributed by atoms with van der Waals surface area (Å²) >= 11 is 0. The summed E-state index contributed by atoms with van der Waals surface area (Å²) in [4.78, 5) is 13.0. The van der Waals surface area contributed by atoms with Crippen LogP contribution in [0, 0.1) is 20.8 Å². The van der Waals surface area contributed by atoms with E-state index in [0.29, 0.717) is 16.7 Å². The Morgan fingerprint density at radius 3 is 2.38 bits per heavy atom. The van der Waals surface area contributed by atoms with Gasteiger partial charge in [0.15, 0.2) is 0 Å². The SMILES string of the molecule is Cc1cc(C)c(S(=O)(=O)N(CC(=O)NN=Cc2ccccc2O)C2CCCCC2)c(C)c1. The number of sulfonamides is 1. The summed E-state index contributed by atoms with van der Waals surface area (Å²) in [7, 11) is -3.88. The van der Waals surface area contributed by atoms with Gasteiger partial charge < -0.3 is 5.11 Å². The summed E-state index contributed by atoms with van der Waals surface area (Å²) < 4.78 is 28.8. The van der Waals surface area contributed by atoms with E-state index in [-0.39, 0.29) is 23.2 Å². The van der Waals surface area contributed by atoms with E-state index in [0.717, 1.165) is 37.7 Å². The minimum atomic E-state index is -3.88. The van der Waals surface area contributed by atoms with Gasteiger partial charge in [-0.3, -0.25) is 4.79 Å². The van der Waals surface area contributed by atoms with Gasteiger partial charge in [0.05, 0.1) is 17.7 Å². The summed E-state index contributed by atoms with van der Waals surface area (Å²) in [6.07, 6.45) is 5.76. The Hall–Kier alpha value is -2.71. The number of phenolic OH excluding ortho intramolecular Hbond substituents is 1. The van der Waals surface area contributed by atoms with Crippen molar-refractivity contribution in [3.63, 3.8) is 0 Å². The van der Waals surface area contributed by atoms with Gasteiger partial charge in [0.1, 0.15) is 5.75 Å². The van der Waals surface area contributed by atoms with Crippen LogP contribution >= 0.6 is 0 Å². The molecule has 0 spiro atoms. The number of amides is 1. The largest absolute Gasteiger partial charge is 0.507 e. The van der Waals surface area contributed by atoms with Crippen molar-refractivity contribution < 1.29 is 18.3 Å². The molecule has 1 aliphatic carbocycles. The van der Waals surface area contributed by atoms with Gasteiger partial charge >= 0.3 is 0 Å². The van der Waals surface area contributed by atoms with Gasteiger partial charge in [-0.2, -0.15) is 9.41 Å². The number of carbonyl (C=O) groups excluding carboxylic acids is 1. The number of nitrogens with one attached hydrogen (secondary N) is 1. The molecule has 1 amide bonds. The Morgan fingerprint density at radius 2 is 1.75 bits per heavy atom. The first-order chi connectivity index (χ1) is 15.2. The highest BCUT2D eigenvalue weighted by atomic mass is 32.2. The number of rotatable bonds is 7. The molecule has 32 heavy (non-hydrogen) atoms. The van der Waals surface area contributed by atoms with E-state index < -0.39 is 15.9 Å². The fraction of sp³-hybridized carbons (Fsp3) is 0.417. The van der Waals surface area contributed by atoms with E-state index in [1.165, 1.54) is 16.6 Å². The maximum Gasteiger partial charge on any atom is 0.255 e. The molecule has 172 valence electrons. The molecule has 3 rings (SSSR count). The second-order valence-corrected chi connectivity index (χ2v) is 10.2. The molecule has 1 saturated carbocycles. The molecule has 1 fully saturated rings. The lowest BCUT2D eigenvalue weighted by atomic mass is 9.95. The standard InChI is InChI=1S/C24H31N3O4S/c1-17-13-18(2)24(19(3)14-17)32(30,31)27(21-10-5-4-6-11-21)16-23(29)26-25-15-20-9-7-8-12-22(20)28/h7-9,12-15,21,28H,4-6,10-11,16H2,1-3H3,(H,26,29). The minimum absolute atomic E-state index is 0.0437. The van der Waals surface area contributed by atoms with Crippen molar-refractivity contribution in [1.29, 1.82) is 0 Å². The first kappa shape index (κ1) is 23.9. The molecule has 0 bridgehead atoms. The normalized spacial score (nSPS) is 15.4. The molecule has 0 aliphatic heterocycles. The summed E-state index contributed by atoms with van der Waals surface area (Å²) in [5.74, 6) is -0.476. The fourth-order valence-electron chi connectivity index (χ4n) is 4.42. The third-order valence-corrected chi connectivity index (χ3v) is 7.99. The molecule has 2 aromatic carbocycles. The number of hydrogen-bond acceptors (Lipinski definition) is 5. The van der Waals surface area contributed by atoms with E-state index in [1.807, 2.05) is 19.1 Å². The number of phenols is 1. The second kappa shape index (κ2) is 10.3. The molecule has 0 radical (unpaired) electrons. The topological polar surface area (TPSA) is 99.1 Å². The van der Waals surface area contributed by atoms with Crippen LogP contribution in [0.25, 0.3) is 0 Å². The average molecular weight is 458 g/mol. The molecular formula is C24H31N3O4S. The Kier molecular flexibility index (Phi) is 7.69. The highest BCUT2D eigenvalue weighted by molar-refractivity contribution is 7.89. The second-order valence-electron chi connectivity index (χ2n) is 8.42. The molecule has 0 unspecified atom stereocenters. The van der Waals surface area contributed by atoms with Crippen molar-refractivity contribution >= 4 is 22.1 Å². The Balaban J connectivity index is 1.85. The van der Waals surface area contributed by atoms with E-state index in [4.69, 9.17) is 0 Å². The van der Waals surface area contributed by atoms with Crippen LogP contribution < -0.4 is 5.43 Å². The molecule has 1 aliphatic rings. The summed E-state index contributed by atoms with van der Waals surface area (Å²) in [6.45, 7) is 5.22. The molecule has 0 atom stereocenters. The van der Waals surface area contributed by atoms with Gasteiger partial charge in [0.2, 0.25) is 10.0 Å². The average Bonchev–Trinajstić information content (AvgIpc) is 2.73. The van der Waals surface area contributed by atoms with Crippen LogP contribution in [-0.2, 0) is 14.8 Å². The van der Waals surface area contributed by atoms with Crippen molar-refractivity contribution in [2.75, 3.05) is 6.54 Å². The number of hydrogen-bond donors (Lipinski definition) is 2. The smallest absolute Gasteiger partial charge is 0.255 e. The van der Waals surface area contributed by atoms with Gasteiger partial charge in [-0.15, -0.1) is 0 Å². The van der Waals surface area contributed by atoms with Crippen LogP contribution in [0.3, 0.4) is 0 Å². The molecule has 0 aromatic heterocycles. The first-order valence-electron chi connectivity index (χ1n) is 10.9. The van der Waals surface area contributed by atoms with Gasteiger partial charge in [0, 0.05) is 11.6 Å². The molecular weight excluding hydrogens is 426 g/mol. The van der Waals surface area contributed by atoms with Crippen molar-refractivity contribution in [1.82, 2.24) is 9.73 Å². The van der Waals surface area contributed by atoms with Gasteiger partial charge in [-0.05, 0) is 56.9 Å². The third-order valence-electron chi connectivity index (χ3n) is 5.78. The zero-order valence-corrected chi connectivity index (χ0v) is 19.7. The number of benzene rings is 2. The van der Waals surface area contributed by atoms with Crippen LogP contribution in [0.2, 0.25) is 0 Å². The lowest BCUT2D eigenvalue weighted by molar-refractivity contribution is -0.121. The quantitative estimate of drug-likeness (QED) is 0.488. The summed E-state index contributed by atoms with van der Waals surface area (Å²) in [5, 5.41) is 13.7. The molecule has 7 nitrogen and oxygen atoms in total. The monoisotopic (exact) mass is 457 g/mol. The molecule has 8 heteroatoms. The van der Waals surface area contributed by atoms with Gasteiger partial charge in [0.25, 0.3) is 5.91 Å². The van der Waals surface area contributed by atoms with Crippen LogP contribution in [0.5, 0.6) is 5.75 Å². The van der Waals surface area contributed by atoms with Gasteiger partial charge in [-0.1, -0.05) is 49.1 Å². The number of para-hydroxylation sites is 1.